The van der Waals surface area contributed by atoms with Crippen molar-refractivity contribution in [3.63, 3.8) is 0 Å². The Morgan fingerprint density at radius 1 is 1.25 bits per heavy atom. The van der Waals surface area contributed by atoms with E-state index in [4.69, 9.17) is 4.74 Å². The molecular formula is C17H26N2O. The van der Waals surface area contributed by atoms with Gasteiger partial charge in [0.2, 0.25) is 0 Å². The van der Waals surface area contributed by atoms with Crippen molar-refractivity contribution in [3.05, 3.63) is 29.5 Å². The molecule has 0 saturated carbocycles. The Morgan fingerprint density at radius 2 is 1.95 bits per heavy atom. The summed E-state index contributed by atoms with van der Waals surface area (Å²) in [4.78, 5) is 0. The summed E-state index contributed by atoms with van der Waals surface area (Å²) < 4.78 is 7.58. The van der Waals surface area contributed by atoms with Crippen LogP contribution in [-0.4, -0.2) is 23.8 Å². The van der Waals surface area contributed by atoms with E-state index in [0.717, 1.165) is 18.7 Å². The third-order valence-corrected chi connectivity index (χ3v) is 3.86. The molecule has 0 aliphatic rings. The van der Waals surface area contributed by atoms with Crippen molar-refractivity contribution in [3.8, 4) is 5.75 Å². The lowest BCUT2D eigenvalue weighted by Gasteiger charge is -2.20. The molecule has 0 spiro atoms. The number of fused-ring (bicyclic) bond motifs is 1. The minimum absolute atomic E-state index is 0.168. The highest BCUT2D eigenvalue weighted by atomic mass is 16.5. The van der Waals surface area contributed by atoms with Gasteiger partial charge < -0.3 is 14.6 Å². The number of nitrogens with one attached hydrogen (secondary N) is 1. The number of aromatic nitrogens is 1. The Kier molecular flexibility index (Phi) is 4.09. The fourth-order valence-corrected chi connectivity index (χ4v) is 2.63. The summed E-state index contributed by atoms with van der Waals surface area (Å²) in [5.41, 5.74) is 4.18. The molecule has 0 atom stereocenters. The number of benzene rings is 1. The van der Waals surface area contributed by atoms with Crippen molar-refractivity contribution in [2.45, 2.75) is 39.7 Å². The smallest absolute Gasteiger partial charge is 0.120 e. The predicted octanol–water partition coefficient (Wildman–Crippen LogP) is 3.43. The molecule has 1 heterocycles. The zero-order valence-corrected chi connectivity index (χ0v) is 13.5. The van der Waals surface area contributed by atoms with E-state index in [-0.39, 0.29) is 5.54 Å². The molecular weight excluding hydrogens is 248 g/mol. The molecule has 2 aromatic rings. The molecule has 0 aliphatic carbocycles. The molecule has 1 aromatic carbocycles. The molecule has 0 amide bonds. The number of hydrogen-bond acceptors (Lipinski definition) is 2. The van der Waals surface area contributed by atoms with Crippen LogP contribution in [0.3, 0.4) is 0 Å². The number of rotatable bonds is 4. The maximum atomic E-state index is 5.33. The van der Waals surface area contributed by atoms with Gasteiger partial charge in [-0.25, -0.2) is 0 Å². The summed E-state index contributed by atoms with van der Waals surface area (Å²) in [6.45, 7) is 9.80. The number of ether oxygens (including phenoxy) is 1. The van der Waals surface area contributed by atoms with Crippen molar-refractivity contribution in [2.24, 2.45) is 7.05 Å². The Labute approximate surface area is 121 Å². The first kappa shape index (κ1) is 14.9. The van der Waals surface area contributed by atoms with Crippen LogP contribution in [-0.2, 0) is 13.5 Å². The van der Waals surface area contributed by atoms with Gasteiger partial charge in [0.05, 0.1) is 12.6 Å². The van der Waals surface area contributed by atoms with Crippen molar-refractivity contribution >= 4 is 10.9 Å². The van der Waals surface area contributed by atoms with Gasteiger partial charge in [-0.3, -0.25) is 0 Å². The summed E-state index contributed by atoms with van der Waals surface area (Å²) in [5, 5.41) is 4.89. The van der Waals surface area contributed by atoms with Gasteiger partial charge in [0.15, 0.2) is 0 Å². The van der Waals surface area contributed by atoms with Crippen LogP contribution in [0.2, 0.25) is 0 Å². The van der Waals surface area contributed by atoms with Crippen LogP contribution < -0.4 is 10.1 Å². The second kappa shape index (κ2) is 5.49. The average molecular weight is 274 g/mol. The molecule has 1 N–H and O–H groups in total. The Hall–Kier alpha value is -1.48. The highest BCUT2D eigenvalue weighted by Crippen LogP contribution is 2.28. The zero-order valence-electron chi connectivity index (χ0n) is 13.5. The van der Waals surface area contributed by atoms with Gasteiger partial charge in [-0.15, -0.1) is 0 Å². The summed E-state index contributed by atoms with van der Waals surface area (Å²) in [7, 11) is 3.84. The zero-order chi connectivity index (χ0) is 14.9. The molecule has 3 nitrogen and oxygen atoms in total. The lowest BCUT2D eigenvalue weighted by molar-refractivity contribution is 0.415. The maximum Gasteiger partial charge on any atom is 0.120 e. The van der Waals surface area contributed by atoms with Crippen molar-refractivity contribution < 1.29 is 4.74 Å². The molecule has 2 rings (SSSR count). The molecule has 0 unspecified atom stereocenters. The van der Waals surface area contributed by atoms with Gasteiger partial charge in [-0.2, -0.15) is 0 Å². The monoisotopic (exact) mass is 274 g/mol. The number of nitrogens with zero attached hydrogens (tertiary/aromatic N) is 1. The van der Waals surface area contributed by atoms with Crippen LogP contribution >= 0.6 is 0 Å². The molecule has 0 saturated heterocycles. The van der Waals surface area contributed by atoms with E-state index in [9.17, 15) is 0 Å². The molecule has 0 radical (unpaired) electrons. The van der Waals surface area contributed by atoms with Crippen LogP contribution in [0, 0.1) is 6.92 Å². The Morgan fingerprint density at radius 3 is 2.55 bits per heavy atom. The van der Waals surface area contributed by atoms with Crippen LogP contribution in [0.1, 0.15) is 32.0 Å². The lowest BCUT2D eigenvalue weighted by atomic mass is 10.1. The van der Waals surface area contributed by atoms with Crippen LogP contribution in [0.4, 0.5) is 0 Å². The third-order valence-electron chi connectivity index (χ3n) is 3.86. The predicted molar refractivity (Wildman–Crippen MR) is 85.7 cm³/mol. The van der Waals surface area contributed by atoms with Gasteiger partial charge in [-0.05, 0) is 58.4 Å². The third kappa shape index (κ3) is 2.98. The van der Waals surface area contributed by atoms with Crippen LogP contribution in [0.15, 0.2) is 18.2 Å². The summed E-state index contributed by atoms with van der Waals surface area (Å²) >= 11 is 0. The van der Waals surface area contributed by atoms with Crippen LogP contribution in [0.5, 0.6) is 5.75 Å². The van der Waals surface area contributed by atoms with E-state index in [0.29, 0.717) is 0 Å². The summed E-state index contributed by atoms with van der Waals surface area (Å²) in [6, 6.07) is 6.33. The highest BCUT2D eigenvalue weighted by Gasteiger charge is 2.14. The summed E-state index contributed by atoms with van der Waals surface area (Å²) in [5.74, 6) is 0.914. The van der Waals surface area contributed by atoms with Gasteiger partial charge in [0.1, 0.15) is 5.75 Å². The maximum absolute atomic E-state index is 5.33. The SMILES string of the molecule is COc1ccc2c(CCNC(C)(C)C)c(C)n(C)c2c1. The van der Waals surface area contributed by atoms with E-state index in [2.05, 4.69) is 56.8 Å². The molecule has 20 heavy (non-hydrogen) atoms. The Balaban J connectivity index is 2.31. The van der Waals surface area contributed by atoms with E-state index >= 15 is 0 Å². The fraction of sp³-hybridized carbons (Fsp3) is 0.529. The number of aryl methyl sites for hydroxylation is 1. The van der Waals surface area contributed by atoms with E-state index in [1.807, 2.05) is 6.07 Å². The first-order valence-corrected chi connectivity index (χ1v) is 7.20. The molecule has 1 aromatic heterocycles. The first-order chi connectivity index (χ1) is 9.33. The molecule has 110 valence electrons. The molecule has 0 aliphatic heterocycles. The first-order valence-electron chi connectivity index (χ1n) is 7.20. The van der Waals surface area contributed by atoms with Crippen molar-refractivity contribution in [1.82, 2.24) is 9.88 Å². The van der Waals surface area contributed by atoms with Crippen LogP contribution in [0.25, 0.3) is 10.9 Å². The van der Waals surface area contributed by atoms with Crippen molar-refractivity contribution in [2.75, 3.05) is 13.7 Å². The lowest BCUT2D eigenvalue weighted by Crippen LogP contribution is -2.37. The highest BCUT2D eigenvalue weighted by molar-refractivity contribution is 5.86. The van der Waals surface area contributed by atoms with Crippen molar-refractivity contribution in [1.29, 1.82) is 0 Å². The largest absolute Gasteiger partial charge is 0.497 e. The second-order valence-electron chi connectivity index (χ2n) is 6.43. The topological polar surface area (TPSA) is 26.2 Å². The van der Waals surface area contributed by atoms with E-state index < -0.39 is 0 Å². The van der Waals surface area contributed by atoms with E-state index in [1.165, 1.54) is 22.2 Å². The fourth-order valence-electron chi connectivity index (χ4n) is 2.63. The second-order valence-corrected chi connectivity index (χ2v) is 6.43. The van der Waals surface area contributed by atoms with Gasteiger partial charge in [0, 0.05) is 29.7 Å². The molecule has 0 fully saturated rings. The molecule has 3 heteroatoms. The minimum Gasteiger partial charge on any atom is -0.497 e. The Bertz CT molecular complexity index is 605. The number of hydrogen-bond donors (Lipinski definition) is 1. The van der Waals surface area contributed by atoms with Gasteiger partial charge in [0.25, 0.3) is 0 Å². The molecule has 0 bridgehead atoms. The van der Waals surface area contributed by atoms with Gasteiger partial charge >= 0.3 is 0 Å². The normalized spacial score (nSPS) is 12.1. The standard InChI is InChI=1S/C17H26N2O/c1-12-14(9-10-18-17(2,3)4)15-8-7-13(20-6)11-16(15)19(12)5/h7-8,11,18H,9-10H2,1-6H3. The number of methoxy groups -OCH3 is 1. The quantitative estimate of drug-likeness (QED) is 0.924. The summed E-state index contributed by atoms with van der Waals surface area (Å²) in [6.07, 6.45) is 1.05. The van der Waals surface area contributed by atoms with Gasteiger partial charge in [-0.1, -0.05) is 0 Å². The minimum atomic E-state index is 0.168. The van der Waals surface area contributed by atoms with E-state index in [1.54, 1.807) is 7.11 Å². The average Bonchev–Trinajstić information content (AvgIpc) is 2.62.